The summed E-state index contributed by atoms with van der Waals surface area (Å²) in [7, 11) is 0. The van der Waals surface area contributed by atoms with Gasteiger partial charge in [-0.15, -0.1) is 12.4 Å². The number of nitrogens with zero attached hydrogens (tertiary/aromatic N) is 2. The Bertz CT molecular complexity index is 263. The molecule has 4 nitrogen and oxygen atoms in total. The van der Waals surface area contributed by atoms with Crippen LogP contribution in [0.2, 0.25) is 0 Å². The second-order valence-electron chi connectivity index (χ2n) is 3.79. The third kappa shape index (κ3) is 5.64. The lowest BCUT2D eigenvalue weighted by Crippen LogP contribution is -2.06. The van der Waals surface area contributed by atoms with E-state index in [0.717, 1.165) is 25.3 Å². The normalized spacial score (nSPS) is 10.1. The van der Waals surface area contributed by atoms with Gasteiger partial charge in [0.05, 0.1) is 19.0 Å². The molecule has 0 unspecified atom stereocenters. The number of aromatic nitrogens is 2. The van der Waals surface area contributed by atoms with Gasteiger partial charge >= 0.3 is 0 Å². The van der Waals surface area contributed by atoms with Gasteiger partial charge in [0.2, 0.25) is 0 Å². The lowest BCUT2D eigenvalue weighted by molar-refractivity contribution is 0.270. The molecule has 1 heterocycles. The second-order valence-corrected chi connectivity index (χ2v) is 3.79. The molecule has 2 N–H and O–H groups in total. The van der Waals surface area contributed by atoms with Gasteiger partial charge in [0.25, 0.3) is 0 Å². The van der Waals surface area contributed by atoms with E-state index in [1.165, 1.54) is 0 Å². The molecule has 5 heteroatoms. The van der Waals surface area contributed by atoms with Crippen molar-refractivity contribution in [1.29, 1.82) is 0 Å². The number of ether oxygens (including phenoxy) is 1. The van der Waals surface area contributed by atoms with E-state index in [1.807, 2.05) is 10.9 Å². The molecule has 0 amide bonds. The summed E-state index contributed by atoms with van der Waals surface area (Å²) in [6.07, 6.45) is 4.61. The molecule has 15 heavy (non-hydrogen) atoms. The fourth-order valence-corrected chi connectivity index (χ4v) is 1.06. The summed E-state index contributed by atoms with van der Waals surface area (Å²) in [5.74, 6) is 1.39. The first-order valence-corrected chi connectivity index (χ1v) is 5.07. The van der Waals surface area contributed by atoms with Crippen molar-refractivity contribution in [3.8, 4) is 5.75 Å². The van der Waals surface area contributed by atoms with Gasteiger partial charge in [0.1, 0.15) is 0 Å². The highest BCUT2D eigenvalue weighted by molar-refractivity contribution is 5.85. The van der Waals surface area contributed by atoms with E-state index in [0.29, 0.717) is 12.5 Å². The van der Waals surface area contributed by atoms with E-state index in [9.17, 15) is 0 Å². The van der Waals surface area contributed by atoms with Crippen molar-refractivity contribution in [2.45, 2.75) is 26.8 Å². The quantitative estimate of drug-likeness (QED) is 0.814. The third-order valence-electron chi connectivity index (χ3n) is 1.78. The highest BCUT2D eigenvalue weighted by atomic mass is 35.5. The first-order chi connectivity index (χ1) is 6.72. The zero-order valence-corrected chi connectivity index (χ0v) is 10.2. The van der Waals surface area contributed by atoms with E-state index in [1.54, 1.807) is 6.20 Å². The Morgan fingerprint density at radius 2 is 2.27 bits per heavy atom. The number of nitrogens with two attached hydrogens (primary N) is 1. The van der Waals surface area contributed by atoms with Crippen LogP contribution in [0, 0.1) is 5.92 Å². The zero-order chi connectivity index (χ0) is 10.4. The van der Waals surface area contributed by atoms with Crippen molar-refractivity contribution >= 4 is 12.4 Å². The standard InChI is InChI=1S/C10H19N3O.ClH/c1-9(2)8-14-10-6-12-13(7-10)5-3-4-11;/h6-7,9H,3-5,8,11H2,1-2H3;1H. The third-order valence-corrected chi connectivity index (χ3v) is 1.78. The number of halogens is 1. The van der Waals surface area contributed by atoms with Crippen LogP contribution in [-0.4, -0.2) is 22.9 Å². The van der Waals surface area contributed by atoms with Crippen molar-refractivity contribution in [3.05, 3.63) is 12.4 Å². The largest absolute Gasteiger partial charge is 0.490 e. The number of rotatable bonds is 6. The van der Waals surface area contributed by atoms with Crippen molar-refractivity contribution in [3.63, 3.8) is 0 Å². The average Bonchev–Trinajstić information content (AvgIpc) is 2.59. The summed E-state index contributed by atoms with van der Waals surface area (Å²) < 4.78 is 7.38. The minimum atomic E-state index is 0. The predicted molar refractivity (Wildman–Crippen MR) is 63.5 cm³/mol. The Kier molecular flexibility index (Phi) is 7.17. The molecular formula is C10H20ClN3O. The van der Waals surface area contributed by atoms with Gasteiger partial charge in [-0.2, -0.15) is 5.10 Å². The van der Waals surface area contributed by atoms with Crippen LogP contribution in [-0.2, 0) is 6.54 Å². The molecule has 0 atom stereocenters. The second kappa shape index (κ2) is 7.54. The van der Waals surface area contributed by atoms with Gasteiger partial charge in [0, 0.05) is 6.54 Å². The van der Waals surface area contributed by atoms with Crippen LogP contribution < -0.4 is 10.5 Å². The maximum absolute atomic E-state index is 5.51. The molecule has 1 rings (SSSR count). The number of hydrogen-bond donors (Lipinski definition) is 1. The smallest absolute Gasteiger partial charge is 0.157 e. The summed E-state index contributed by atoms with van der Waals surface area (Å²) in [4.78, 5) is 0. The monoisotopic (exact) mass is 233 g/mol. The highest BCUT2D eigenvalue weighted by Crippen LogP contribution is 2.09. The number of aryl methyl sites for hydroxylation is 1. The van der Waals surface area contributed by atoms with Crippen molar-refractivity contribution < 1.29 is 4.74 Å². The van der Waals surface area contributed by atoms with Crippen LogP contribution in [0.3, 0.4) is 0 Å². The van der Waals surface area contributed by atoms with Crippen molar-refractivity contribution in [2.75, 3.05) is 13.2 Å². The highest BCUT2D eigenvalue weighted by Gasteiger charge is 2.00. The summed E-state index contributed by atoms with van der Waals surface area (Å²) in [6, 6.07) is 0. The minimum absolute atomic E-state index is 0. The number of hydrogen-bond acceptors (Lipinski definition) is 3. The first kappa shape index (κ1) is 14.3. The van der Waals surface area contributed by atoms with E-state index in [4.69, 9.17) is 10.5 Å². The molecule has 0 aliphatic carbocycles. The average molecular weight is 234 g/mol. The lowest BCUT2D eigenvalue weighted by Gasteiger charge is -2.05. The molecule has 0 bridgehead atoms. The lowest BCUT2D eigenvalue weighted by atomic mass is 10.2. The van der Waals surface area contributed by atoms with Crippen LogP contribution in [0.15, 0.2) is 12.4 Å². The van der Waals surface area contributed by atoms with E-state index in [-0.39, 0.29) is 12.4 Å². The Morgan fingerprint density at radius 3 is 2.87 bits per heavy atom. The molecular weight excluding hydrogens is 214 g/mol. The fourth-order valence-electron chi connectivity index (χ4n) is 1.06. The summed E-state index contributed by atoms with van der Waals surface area (Å²) in [6.45, 7) is 6.55. The summed E-state index contributed by atoms with van der Waals surface area (Å²) >= 11 is 0. The zero-order valence-electron chi connectivity index (χ0n) is 9.35. The first-order valence-electron chi connectivity index (χ1n) is 5.07. The van der Waals surface area contributed by atoms with Crippen LogP contribution >= 0.6 is 12.4 Å². The fraction of sp³-hybridized carbons (Fsp3) is 0.700. The molecule has 1 aromatic heterocycles. The van der Waals surface area contributed by atoms with E-state index >= 15 is 0 Å². The maximum Gasteiger partial charge on any atom is 0.157 e. The van der Waals surface area contributed by atoms with E-state index in [2.05, 4.69) is 18.9 Å². The summed E-state index contributed by atoms with van der Waals surface area (Å²) in [5, 5.41) is 4.17. The molecule has 0 aliphatic heterocycles. The molecule has 88 valence electrons. The SMILES string of the molecule is CC(C)COc1cnn(CCCN)c1.Cl. The van der Waals surface area contributed by atoms with Gasteiger partial charge in [-0.25, -0.2) is 0 Å². The minimum Gasteiger partial charge on any atom is -0.490 e. The molecule has 0 saturated carbocycles. The molecule has 0 aromatic carbocycles. The topological polar surface area (TPSA) is 53.1 Å². The Morgan fingerprint density at radius 1 is 1.53 bits per heavy atom. The molecule has 0 saturated heterocycles. The molecule has 0 radical (unpaired) electrons. The van der Waals surface area contributed by atoms with Crippen LogP contribution in [0.4, 0.5) is 0 Å². The Labute approximate surface area is 97.2 Å². The van der Waals surface area contributed by atoms with Gasteiger partial charge in [0.15, 0.2) is 5.75 Å². The Hall–Kier alpha value is -0.740. The van der Waals surface area contributed by atoms with Crippen LogP contribution in [0.5, 0.6) is 5.75 Å². The summed E-state index contributed by atoms with van der Waals surface area (Å²) in [5.41, 5.74) is 5.41. The molecule has 0 spiro atoms. The van der Waals surface area contributed by atoms with Gasteiger partial charge in [-0.1, -0.05) is 13.8 Å². The Balaban J connectivity index is 0.00000196. The maximum atomic E-state index is 5.51. The van der Waals surface area contributed by atoms with Gasteiger partial charge in [-0.3, -0.25) is 4.68 Å². The van der Waals surface area contributed by atoms with Crippen molar-refractivity contribution in [2.24, 2.45) is 11.7 Å². The molecule has 1 aromatic rings. The van der Waals surface area contributed by atoms with Gasteiger partial charge in [-0.05, 0) is 18.9 Å². The molecule has 0 fully saturated rings. The molecule has 0 aliphatic rings. The van der Waals surface area contributed by atoms with Gasteiger partial charge < -0.3 is 10.5 Å². The van der Waals surface area contributed by atoms with Crippen LogP contribution in [0.25, 0.3) is 0 Å². The van der Waals surface area contributed by atoms with Crippen LogP contribution in [0.1, 0.15) is 20.3 Å². The van der Waals surface area contributed by atoms with Crippen molar-refractivity contribution in [1.82, 2.24) is 9.78 Å². The predicted octanol–water partition coefficient (Wildman–Crippen LogP) is 1.69. The van der Waals surface area contributed by atoms with E-state index < -0.39 is 0 Å².